The molecule has 0 unspecified atom stereocenters. The van der Waals surface area contributed by atoms with Crippen LogP contribution in [0.3, 0.4) is 0 Å². The van der Waals surface area contributed by atoms with Gasteiger partial charge in [0.05, 0.1) is 11.4 Å². The number of hydrogen-bond donors (Lipinski definition) is 0. The highest BCUT2D eigenvalue weighted by Crippen LogP contribution is 2.48. The fraction of sp³-hybridized carbons (Fsp3) is 0. The van der Waals surface area contributed by atoms with Gasteiger partial charge in [-0.25, -0.2) is 0 Å². The van der Waals surface area contributed by atoms with Crippen molar-refractivity contribution in [3.8, 4) is 22.3 Å². The van der Waals surface area contributed by atoms with Crippen LogP contribution in [-0.2, 0) is 0 Å². The highest BCUT2D eigenvalue weighted by Gasteiger charge is 2.23. The maximum absolute atomic E-state index is 6.58. The monoisotopic (exact) mass is 627 g/mol. The molecule has 49 heavy (non-hydrogen) atoms. The van der Waals surface area contributed by atoms with Crippen molar-refractivity contribution < 1.29 is 8.83 Å². The lowest BCUT2D eigenvalue weighted by molar-refractivity contribution is 0.669. The van der Waals surface area contributed by atoms with Crippen LogP contribution in [-0.4, -0.2) is 0 Å². The summed E-state index contributed by atoms with van der Waals surface area (Å²) in [5, 5.41) is 6.86. The van der Waals surface area contributed by atoms with Crippen molar-refractivity contribution in [1.29, 1.82) is 0 Å². The quantitative estimate of drug-likeness (QED) is 0.190. The fourth-order valence-corrected chi connectivity index (χ4v) is 7.47. The van der Waals surface area contributed by atoms with E-state index in [4.69, 9.17) is 8.83 Å². The number of hydrogen-bond acceptors (Lipinski definition) is 3. The second-order valence-corrected chi connectivity index (χ2v) is 12.5. The highest BCUT2D eigenvalue weighted by atomic mass is 16.3. The van der Waals surface area contributed by atoms with Crippen molar-refractivity contribution >= 4 is 71.7 Å². The Morgan fingerprint density at radius 3 is 1.63 bits per heavy atom. The van der Waals surface area contributed by atoms with Crippen LogP contribution in [0.4, 0.5) is 17.1 Å². The Morgan fingerprint density at radius 1 is 0.327 bits per heavy atom. The molecule has 230 valence electrons. The van der Waals surface area contributed by atoms with Crippen LogP contribution < -0.4 is 4.90 Å². The van der Waals surface area contributed by atoms with Gasteiger partial charge in [-0.05, 0) is 52.7 Å². The van der Waals surface area contributed by atoms with E-state index in [1.54, 1.807) is 0 Å². The van der Waals surface area contributed by atoms with E-state index in [9.17, 15) is 0 Å². The zero-order valence-electron chi connectivity index (χ0n) is 26.5. The Labute approximate surface area is 282 Å². The van der Waals surface area contributed by atoms with Gasteiger partial charge in [-0.1, -0.05) is 133 Å². The first-order valence-electron chi connectivity index (χ1n) is 16.6. The second-order valence-electron chi connectivity index (χ2n) is 12.5. The Morgan fingerprint density at radius 2 is 0.837 bits per heavy atom. The largest absolute Gasteiger partial charge is 0.456 e. The summed E-state index contributed by atoms with van der Waals surface area (Å²) in [6.45, 7) is 0. The van der Waals surface area contributed by atoms with Gasteiger partial charge in [0.1, 0.15) is 22.3 Å². The van der Waals surface area contributed by atoms with Gasteiger partial charge in [0.2, 0.25) is 0 Å². The number of para-hydroxylation sites is 5. The Balaban J connectivity index is 1.27. The number of furan rings is 2. The lowest BCUT2D eigenvalue weighted by Gasteiger charge is -2.30. The van der Waals surface area contributed by atoms with E-state index in [1.807, 2.05) is 24.3 Å². The van der Waals surface area contributed by atoms with Crippen LogP contribution in [0.5, 0.6) is 0 Å². The first-order valence-corrected chi connectivity index (χ1v) is 16.6. The van der Waals surface area contributed by atoms with Crippen LogP contribution in [0.2, 0.25) is 0 Å². The average molecular weight is 628 g/mol. The van der Waals surface area contributed by atoms with Crippen LogP contribution in [0, 0.1) is 0 Å². The minimum absolute atomic E-state index is 0.850. The topological polar surface area (TPSA) is 29.5 Å². The lowest BCUT2D eigenvalue weighted by Crippen LogP contribution is -2.12. The molecular formula is C46H29NO2. The molecule has 10 aromatic rings. The zero-order chi connectivity index (χ0) is 32.3. The molecule has 0 amide bonds. The molecule has 3 heteroatoms. The molecule has 3 nitrogen and oxygen atoms in total. The van der Waals surface area contributed by atoms with Gasteiger partial charge in [-0.15, -0.1) is 0 Å². The third-order valence-corrected chi connectivity index (χ3v) is 9.68. The van der Waals surface area contributed by atoms with E-state index in [-0.39, 0.29) is 0 Å². The van der Waals surface area contributed by atoms with Crippen molar-refractivity contribution in [1.82, 2.24) is 0 Å². The molecule has 0 radical (unpaired) electrons. The molecule has 2 heterocycles. The number of anilines is 3. The van der Waals surface area contributed by atoms with E-state index >= 15 is 0 Å². The highest BCUT2D eigenvalue weighted by molar-refractivity contribution is 6.12. The molecule has 0 atom stereocenters. The molecule has 0 bridgehead atoms. The van der Waals surface area contributed by atoms with Gasteiger partial charge in [0.25, 0.3) is 0 Å². The number of benzene rings is 8. The first-order chi connectivity index (χ1) is 24.3. The lowest BCUT2D eigenvalue weighted by atomic mass is 9.95. The van der Waals surface area contributed by atoms with Crippen molar-refractivity contribution in [3.05, 3.63) is 176 Å². The van der Waals surface area contributed by atoms with Crippen molar-refractivity contribution in [2.75, 3.05) is 4.90 Å². The Bertz CT molecular complexity index is 2850. The number of nitrogens with zero attached hydrogens (tertiary/aromatic N) is 1. The first kappa shape index (κ1) is 27.5. The SMILES string of the molecule is c1ccc(N(c2ccc3c(c2)oc2ccccc23)c2ccccc2-c2cccc3c2oc2ccccc23)c(-c2cccc3ccccc23)c1. The Hall–Kier alpha value is -6.58. The van der Waals surface area contributed by atoms with Crippen LogP contribution >= 0.6 is 0 Å². The molecule has 0 aliphatic heterocycles. The summed E-state index contributed by atoms with van der Waals surface area (Å²) in [6.07, 6.45) is 0. The number of fused-ring (bicyclic) bond motifs is 7. The zero-order valence-corrected chi connectivity index (χ0v) is 26.5. The van der Waals surface area contributed by atoms with Gasteiger partial charge in [0.15, 0.2) is 0 Å². The van der Waals surface area contributed by atoms with Crippen LogP contribution in [0.25, 0.3) is 76.9 Å². The maximum atomic E-state index is 6.58. The van der Waals surface area contributed by atoms with Gasteiger partial charge in [0, 0.05) is 50.0 Å². The summed E-state index contributed by atoms with van der Waals surface area (Å²) in [5.41, 5.74) is 11.0. The molecule has 8 aromatic carbocycles. The Kier molecular flexibility index (Phi) is 6.18. The van der Waals surface area contributed by atoms with Crippen molar-refractivity contribution in [2.24, 2.45) is 0 Å². The molecule has 0 saturated heterocycles. The smallest absolute Gasteiger partial charge is 0.143 e. The standard InChI is InChI=1S/C46H29NO2/c1-2-15-32-30(13-1)14-11-20-33(32)34-16-3-7-23-41(34)47(31-27-28-38-36-18-5-9-25-43(36)48-45(38)29-31)42-24-8-4-17-35(42)39-21-12-22-40-37-19-6-10-26-44(37)49-46(39)40/h1-29H. The van der Waals surface area contributed by atoms with E-state index in [2.05, 4.69) is 157 Å². The van der Waals surface area contributed by atoms with Gasteiger partial charge in [-0.2, -0.15) is 0 Å². The molecule has 0 saturated carbocycles. The second kappa shape index (κ2) is 11.0. The summed E-state index contributed by atoms with van der Waals surface area (Å²) >= 11 is 0. The van der Waals surface area contributed by atoms with Gasteiger partial charge in [-0.3, -0.25) is 0 Å². The molecule has 0 fully saturated rings. The molecule has 10 rings (SSSR count). The molecule has 0 spiro atoms. The average Bonchev–Trinajstić information content (AvgIpc) is 3.73. The summed E-state index contributed by atoms with van der Waals surface area (Å²) < 4.78 is 13.0. The van der Waals surface area contributed by atoms with Crippen LogP contribution in [0.1, 0.15) is 0 Å². The van der Waals surface area contributed by atoms with Crippen molar-refractivity contribution in [2.45, 2.75) is 0 Å². The normalized spacial score (nSPS) is 11.7. The van der Waals surface area contributed by atoms with E-state index in [0.29, 0.717) is 0 Å². The minimum Gasteiger partial charge on any atom is -0.456 e. The van der Waals surface area contributed by atoms with Gasteiger partial charge >= 0.3 is 0 Å². The molecule has 0 aliphatic carbocycles. The third-order valence-electron chi connectivity index (χ3n) is 9.68. The molecule has 0 aliphatic rings. The summed E-state index contributed by atoms with van der Waals surface area (Å²) in [5.74, 6) is 0. The fourth-order valence-electron chi connectivity index (χ4n) is 7.47. The number of rotatable bonds is 5. The summed E-state index contributed by atoms with van der Waals surface area (Å²) in [6, 6.07) is 62.0. The van der Waals surface area contributed by atoms with Crippen LogP contribution in [0.15, 0.2) is 185 Å². The van der Waals surface area contributed by atoms with E-state index in [0.717, 1.165) is 77.6 Å². The van der Waals surface area contributed by atoms with E-state index in [1.165, 1.54) is 16.3 Å². The maximum Gasteiger partial charge on any atom is 0.143 e. The molecule has 2 aromatic heterocycles. The minimum atomic E-state index is 0.850. The van der Waals surface area contributed by atoms with Crippen molar-refractivity contribution in [3.63, 3.8) is 0 Å². The predicted octanol–water partition coefficient (Wildman–Crippen LogP) is 13.4. The van der Waals surface area contributed by atoms with E-state index < -0.39 is 0 Å². The summed E-state index contributed by atoms with van der Waals surface area (Å²) in [7, 11) is 0. The molecule has 0 N–H and O–H groups in total. The molecular weight excluding hydrogens is 599 g/mol. The predicted molar refractivity (Wildman–Crippen MR) is 204 cm³/mol. The third kappa shape index (κ3) is 4.37. The van der Waals surface area contributed by atoms with Gasteiger partial charge < -0.3 is 13.7 Å². The summed E-state index contributed by atoms with van der Waals surface area (Å²) in [4.78, 5) is 2.38.